The highest BCUT2D eigenvalue weighted by Crippen LogP contribution is 2.19. The van der Waals surface area contributed by atoms with E-state index in [4.69, 9.17) is 9.47 Å². The summed E-state index contributed by atoms with van der Waals surface area (Å²) in [6, 6.07) is 0. The Morgan fingerprint density at radius 3 is 0.761 bits per heavy atom. The van der Waals surface area contributed by atoms with Crippen LogP contribution < -0.4 is 0 Å². The molecule has 0 saturated heterocycles. The zero-order valence-electron chi connectivity index (χ0n) is 48.5. The van der Waals surface area contributed by atoms with E-state index in [0.717, 1.165) is 32.1 Å². The third kappa shape index (κ3) is 61.1. The average Bonchev–Trinajstić information content (AvgIpc) is 3.37. The minimum atomic E-state index is -0.767. The molecule has 0 heterocycles. The van der Waals surface area contributed by atoms with E-state index in [0.29, 0.717) is 12.8 Å². The van der Waals surface area contributed by atoms with Crippen LogP contribution in [0.3, 0.4) is 0 Å². The van der Waals surface area contributed by atoms with Crippen molar-refractivity contribution in [2.45, 2.75) is 386 Å². The molecule has 71 heavy (non-hydrogen) atoms. The summed E-state index contributed by atoms with van der Waals surface area (Å²) in [5, 5.41) is 9.68. The van der Waals surface area contributed by atoms with Gasteiger partial charge in [0, 0.05) is 12.8 Å². The Labute approximate surface area is 445 Å². The van der Waals surface area contributed by atoms with Crippen LogP contribution in [-0.2, 0) is 19.1 Å². The summed E-state index contributed by atoms with van der Waals surface area (Å²) in [6.45, 7) is 4.21. The Kier molecular flexibility index (Phi) is 61.7. The maximum Gasteiger partial charge on any atom is 0.306 e. The zero-order chi connectivity index (χ0) is 51.3. The fourth-order valence-corrected chi connectivity index (χ4v) is 10.4. The molecule has 0 aromatic heterocycles. The maximum atomic E-state index is 12.3. The number of rotatable bonds is 62. The maximum absolute atomic E-state index is 12.3. The predicted molar refractivity (Wildman–Crippen MR) is 312 cm³/mol. The number of aliphatic hydroxyl groups excluding tert-OH is 1. The van der Waals surface area contributed by atoms with Gasteiger partial charge in [0.05, 0.1) is 6.61 Å². The number of carbonyl (C=O) groups is 2. The quantitative estimate of drug-likeness (QED) is 0.0373. The van der Waals surface area contributed by atoms with Crippen LogP contribution >= 0.6 is 0 Å². The van der Waals surface area contributed by atoms with Crippen LogP contribution in [0.1, 0.15) is 380 Å². The van der Waals surface area contributed by atoms with E-state index >= 15 is 0 Å². The van der Waals surface area contributed by atoms with Gasteiger partial charge in [0.15, 0.2) is 6.10 Å². The van der Waals surface area contributed by atoms with Crippen molar-refractivity contribution in [1.82, 2.24) is 0 Å². The first-order valence-electron chi connectivity index (χ1n) is 32.7. The topological polar surface area (TPSA) is 72.8 Å². The van der Waals surface area contributed by atoms with Gasteiger partial charge in [-0.2, -0.15) is 0 Å². The lowest BCUT2D eigenvalue weighted by atomic mass is 10.0. The van der Waals surface area contributed by atoms with Gasteiger partial charge in [0.25, 0.3) is 0 Å². The first-order valence-corrected chi connectivity index (χ1v) is 32.7. The molecule has 422 valence electrons. The van der Waals surface area contributed by atoms with Crippen LogP contribution in [0, 0.1) is 0 Å². The molecule has 0 amide bonds. The fraction of sp³-hybridized carbons (Fsp3) is 0.939. The van der Waals surface area contributed by atoms with Gasteiger partial charge in [-0.25, -0.2) is 0 Å². The Morgan fingerprint density at radius 2 is 0.521 bits per heavy atom. The highest BCUT2D eigenvalue weighted by molar-refractivity contribution is 5.70. The lowest BCUT2D eigenvalue weighted by molar-refractivity contribution is -0.161. The molecule has 0 aliphatic heterocycles. The number of carbonyl (C=O) groups excluding carboxylic acids is 2. The van der Waals surface area contributed by atoms with E-state index in [2.05, 4.69) is 26.0 Å². The molecule has 0 aromatic rings. The first kappa shape index (κ1) is 69.6. The van der Waals surface area contributed by atoms with E-state index in [-0.39, 0.29) is 25.2 Å². The number of allylic oxidation sites excluding steroid dienone is 2. The lowest BCUT2D eigenvalue weighted by Gasteiger charge is -2.15. The second-order valence-electron chi connectivity index (χ2n) is 22.6. The van der Waals surface area contributed by atoms with Crippen molar-refractivity contribution >= 4 is 11.9 Å². The third-order valence-electron chi connectivity index (χ3n) is 15.3. The molecule has 5 nitrogen and oxygen atoms in total. The molecule has 0 saturated carbocycles. The standard InChI is InChI=1S/C66H128O5/c1-3-5-7-9-11-13-15-17-19-21-23-25-27-29-31-32-33-34-35-37-39-41-43-45-47-49-51-53-55-57-59-61-66(69)71-64(62-67)63-70-65(68)60-58-56-54-52-50-48-46-44-42-40-38-36-30-28-26-24-22-20-18-16-14-12-10-8-6-4-2/h21,23,64,67H,3-20,22,24-63H2,1-2H3/b23-21-. The van der Waals surface area contributed by atoms with Gasteiger partial charge < -0.3 is 14.6 Å². The van der Waals surface area contributed by atoms with Crippen molar-refractivity contribution in [2.24, 2.45) is 0 Å². The highest BCUT2D eigenvalue weighted by atomic mass is 16.6. The number of ether oxygens (including phenoxy) is 2. The van der Waals surface area contributed by atoms with Crippen LogP contribution in [0.4, 0.5) is 0 Å². The van der Waals surface area contributed by atoms with E-state index in [9.17, 15) is 14.7 Å². The predicted octanol–water partition coefficient (Wildman–Crippen LogP) is 22.3. The molecule has 0 aliphatic carbocycles. The molecule has 1 unspecified atom stereocenters. The molecular weight excluding hydrogens is 873 g/mol. The molecular formula is C66H128O5. The minimum absolute atomic E-state index is 0.0568. The molecule has 0 aromatic carbocycles. The number of hydrogen-bond donors (Lipinski definition) is 1. The largest absolute Gasteiger partial charge is 0.462 e. The van der Waals surface area contributed by atoms with E-state index in [1.54, 1.807) is 0 Å². The Bertz CT molecular complexity index is 1040. The van der Waals surface area contributed by atoms with E-state index in [1.165, 1.54) is 321 Å². The summed E-state index contributed by atoms with van der Waals surface area (Å²) < 4.78 is 10.8. The van der Waals surface area contributed by atoms with Crippen molar-refractivity contribution in [3.05, 3.63) is 12.2 Å². The van der Waals surface area contributed by atoms with Crippen LogP contribution in [0.25, 0.3) is 0 Å². The zero-order valence-corrected chi connectivity index (χ0v) is 48.5. The second-order valence-corrected chi connectivity index (χ2v) is 22.6. The molecule has 0 bridgehead atoms. The number of aliphatic hydroxyl groups is 1. The third-order valence-corrected chi connectivity index (χ3v) is 15.3. The molecule has 0 fully saturated rings. The van der Waals surface area contributed by atoms with Crippen molar-refractivity contribution in [1.29, 1.82) is 0 Å². The van der Waals surface area contributed by atoms with Gasteiger partial charge in [-0.3, -0.25) is 9.59 Å². The summed E-state index contributed by atoms with van der Waals surface area (Å²) >= 11 is 0. The Balaban J connectivity index is 3.38. The Morgan fingerprint density at radius 1 is 0.310 bits per heavy atom. The monoisotopic (exact) mass is 1000 g/mol. The van der Waals surface area contributed by atoms with Gasteiger partial charge in [-0.15, -0.1) is 0 Å². The molecule has 1 atom stereocenters. The van der Waals surface area contributed by atoms with E-state index < -0.39 is 6.10 Å². The summed E-state index contributed by atoms with van der Waals surface area (Å²) in [7, 11) is 0. The molecule has 1 N–H and O–H groups in total. The van der Waals surface area contributed by atoms with Gasteiger partial charge in [0.1, 0.15) is 6.61 Å². The second kappa shape index (κ2) is 62.9. The smallest absolute Gasteiger partial charge is 0.306 e. The molecule has 0 spiro atoms. The molecule has 0 rings (SSSR count). The van der Waals surface area contributed by atoms with Gasteiger partial charge in [0.2, 0.25) is 0 Å². The summed E-state index contributed by atoms with van der Waals surface area (Å²) in [6.07, 6.45) is 79.5. The van der Waals surface area contributed by atoms with Crippen LogP contribution in [0.5, 0.6) is 0 Å². The number of unbranched alkanes of at least 4 members (excludes halogenated alkanes) is 52. The van der Waals surface area contributed by atoms with Gasteiger partial charge in [-0.1, -0.05) is 341 Å². The SMILES string of the molecule is CCCCCCCCCC/C=C\CCCCCCCCCCCCCCCCCCCCCC(=O)OC(CO)COC(=O)CCCCCCCCCCCCCCCCCCCCCCCCCCCC. The normalized spacial score (nSPS) is 12.1. The number of hydrogen-bond acceptors (Lipinski definition) is 5. The van der Waals surface area contributed by atoms with Crippen molar-refractivity contribution in [3.63, 3.8) is 0 Å². The summed E-state index contributed by atoms with van der Waals surface area (Å²) in [4.78, 5) is 24.6. The first-order chi connectivity index (χ1) is 35.1. The van der Waals surface area contributed by atoms with Crippen LogP contribution in [0.15, 0.2) is 12.2 Å². The fourth-order valence-electron chi connectivity index (χ4n) is 10.4. The van der Waals surface area contributed by atoms with Crippen molar-refractivity contribution < 1.29 is 24.2 Å². The Hall–Kier alpha value is -1.36. The van der Waals surface area contributed by atoms with Crippen LogP contribution in [0.2, 0.25) is 0 Å². The minimum Gasteiger partial charge on any atom is -0.462 e. The van der Waals surface area contributed by atoms with Crippen molar-refractivity contribution in [3.8, 4) is 0 Å². The van der Waals surface area contributed by atoms with Gasteiger partial charge >= 0.3 is 11.9 Å². The molecule has 5 heteroatoms. The number of esters is 2. The molecule has 0 radical (unpaired) electrons. The van der Waals surface area contributed by atoms with Gasteiger partial charge in [-0.05, 0) is 38.5 Å². The average molecular weight is 1000 g/mol. The highest BCUT2D eigenvalue weighted by Gasteiger charge is 2.16. The van der Waals surface area contributed by atoms with E-state index in [1.807, 2.05) is 0 Å². The van der Waals surface area contributed by atoms with Crippen molar-refractivity contribution in [2.75, 3.05) is 13.2 Å². The molecule has 0 aliphatic rings. The van der Waals surface area contributed by atoms with Crippen LogP contribution in [-0.4, -0.2) is 36.4 Å². The summed E-state index contributed by atoms with van der Waals surface area (Å²) in [5.41, 5.74) is 0. The summed E-state index contributed by atoms with van der Waals surface area (Å²) in [5.74, 6) is -0.562. The lowest BCUT2D eigenvalue weighted by Crippen LogP contribution is -2.28.